The first-order valence-electron chi connectivity index (χ1n) is 5.22. The number of ether oxygens (including phenoxy) is 2. The topological polar surface area (TPSA) is 73.6 Å². The number of nitrogens with one attached hydrogen (secondary N) is 1. The lowest BCUT2D eigenvalue weighted by molar-refractivity contribution is -0.385. The Kier molecular flexibility index (Phi) is 4.71. The summed E-state index contributed by atoms with van der Waals surface area (Å²) in [6.07, 6.45) is -0.0620. The number of rotatable bonds is 6. The molecule has 0 spiro atoms. The van der Waals surface area contributed by atoms with E-state index in [1.165, 1.54) is 19.2 Å². The molecule has 1 aromatic rings. The maximum Gasteiger partial charge on any atom is 0.314 e. The van der Waals surface area contributed by atoms with Crippen molar-refractivity contribution in [2.75, 3.05) is 20.7 Å². The lowest BCUT2D eigenvalue weighted by Gasteiger charge is -2.14. The van der Waals surface area contributed by atoms with Crippen LogP contribution in [0.4, 0.5) is 5.69 Å². The second-order valence-electron chi connectivity index (χ2n) is 3.58. The minimum Gasteiger partial charge on any atom is -0.490 e. The Hall–Kier alpha value is -1.82. The Morgan fingerprint density at radius 2 is 2.24 bits per heavy atom. The van der Waals surface area contributed by atoms with Crippen LogP contribution >= 0.6 is 0 Å². The largest absolute Gasteiger partial charge is 0.490 e. The van der Waals surface area contributed by atoms with Crippen LogP contribution in [0.5, 0.6) is 11.5 Å². The summed E-state index contributed by atoms with van der Waals surface area (Å²) >= 11 is 0. The second-order valence-corrected chi connectivity index (χ2v) is 3.58. The summed E-state index contributed by atoms with van der Waals surface area (Å²) in [6.45, 7) is 2.55. The minimum absolute atomic E-state index is 0.0620. The van der Waals surface area contributed by atoms with Crippen molar-refractivity contribution >= 4 is 5.69 Å². The van der Waals surface area contributed by atoms with Crippen LogP contribution in [-0.2, 0) is 0 Å². The molecule has 0 aliphatic heterocycles. The zero-order valence-corrected chi connectivity index (χ0v) is 10.1. The first-order valence-corrected chi connectivity index (χ1v) is 5.22. The summed E-state index contributed by atoms with van der Waals surface area (Å²) in [6, 6.07) is 4.54. The van der Waals surface area contributed by atoms with Gasteiger partial charge in [-0.2, -0.15) is 0 Å². The molecule has 0 radical (unpaired) electrons. The molecule has 1 unspecified atom stereocenters. The summed E-state index contributed by atoms with van der Waals surface area (Å²) in [5, 5.41) is 13.8. The van der Waals surface area contributed by atoms with Crippen LogP contribution in [0.3, 0.4) is 0 Å². The zero-order chi connectivity index (χ0) is 12.8. The Labute approximate surface area is 99.7 Å². The predicted octanol–water partition coefficient (Wildman–Crippen LogP) is 1.59. The third-order valence-corrected chi connectivity index (χ3v) is 2.18. The van der Waals surface area contributed by atoms with Crippen molar-refractivity contribution in [1.82, 2.24) is 5.32 Å². The maximum absolute atomic E-state index is 10.8. The van der Waals surface area contributed by atoms with Gasteiger partial charge in [0, 0.05) is 6.54 Å². The second kappa shape index (κ2) is 6.05. The number of hydrogen-bond donors (Lipinski definition) is 1. The molecule has 1 aromatic carbocycles. The van der Waals surface area contributed by atoms with Crippen molar-refractivity contribution in [3.8, 4) is 11.5 Å². The predicted molar refractivity (Wildman–Crippen MR) is 63.7 cm³/mol. The number of likely N-dealkylation sites (N-methyl/N-ethyl adjacent to an activating group) is 1. The Bertz CT molecular complexity index is 395. The molecule has 17 heavy (non-hydrogen) atoms. The van der Waals surface area contributed by atoms with Gasteiger partial charge in [0.1, 0.15) is 11.9 Å². The molecule has 0 heterocycles. The Morgan fingerprint density at radius 3 is 2.76 bits per heavy atom. The summed E-state index contributed by atoms with van der Waals surface area (Å²) in [4.78, 5) is 10.3. The number of hydrogen-bond acceptors (Lipinski definition) is 5. The SMILES string of the molecule is CNCC(C)Oc1ccc(OC)c([N+](=O)[O-])c1. The highest BCUT2D eigenvalue weighted by Crippen LogP contribution is 2.31. The molecule has 1 N–H and O–H groups in total. The first kappa shape index (κ1) is 13.2. The van der Waals surface area contributed by atoms with Crippen molar-refractivity contribution in [2.45, 2.75) is 13.0 Å². The van der Waals surface area contributed by atoms with Crippen molar-refractivity contribution in [3.05, 3.63) is 28.3 Å². The van der Waals surface area contributed by atoms with Crippen LogP contribution < -0.4 is 14.8 Å². The third kappa shape index (κ3) is 3.60. The molecule has 0 aromatic heterocycles. The summed E-state index contributed by atoms with van der Waals surface area (Å²) < 4.78 is 10.4. The number of benzene rings is 1. The van der Waals surface area contributed by atoms with Crippen molar-refractivity contribution in [2.24, 2.45) is 0 Å². The van der Waals surface area contributed by atoms with E-state index in [2.05, 4.69) is 5.32 Å². The van der Waals surface area contributed by atoms with Gasteiger partial charge in [-0.05, 0) is 26.1 Å². The maximum atomic E-state index is 10.8. The van der Waals surface area contributed by atoms with Crippen molar-refractivity contribution < 1.29 is 14.4 Å². The molecule has 0 saturated heterocycles. The normalized spacial score (nSPS) is 11.9. The van der Waals surface area contributed by atoms with Gasteiger partial charge in [0.25, 0.3) is 0 Å². The van der Waals surface area contributed by atoms with Crippen molar-refractivity contribution in [3.63, 3.8) is 0 Å². The smallest absolute Gasteiger partial charge is 0.314 e. The lowest BCUT2D eigenvalue weighted by Crippen LogP contribution is -2.26. The summed E-state index contributed by atoms with van der Waals surface area (Å²) in [5.41, 5.74) is -0.0957. The molecular formula is C11H16N2O4. The number of nitro groups is 1. The standard InChI is InChI=1S/C11H16N2O4/c1-8(7-12-2)17-9-4-5-11(16-3)10(6-9)13(14)15/h4-6,8,12H,7H2,1-3H3. The highest BCUT2D eigenvalue weighted by atomic mass is 16.6. The molecule has 0 fully saturated rings. The molecule has 6 nitrogen and oxygen atoms in total. The third-order valence-electron chi connectivity index (χ3n) is 2.18. The van der Waals surface area contributed by atoms with Gasteiger partial charge in [-0.1, -0.05) is 0 Å². The van der Waals surface area contributed by atoms with Crippen LogP contribution in [0.1, 0.15) is 6.92 Å². The molecule has 0 aliphatic rings. The van der Waals surface area contributed by atoms with Crippen LogP contribution in [-0.4, -0.2) is 31.7 Å². The van der Waals surface area contributed by atoms with E-state index in [1.54, 1.807) is 6.07 Å². The number of nitrogens with zero attached hydrogens (tertiary/aromatic N) is 1. The average Bonchev–Trinajstić information content (AvgIpc) is 2.29. The van der Waals surface area contributed by atoms with Crippen LogP contribution in [0.25, 0.3) is 0 Å². The van der Waals surface area contributed by atoms with Gasteiger partial charge in [-0.3, -0.25) is 10.1 Å². The minimum atomic E-state index is -0.492. The monoisotopic (exact) mass is 240 g/mol. The molecule has 94 valence electrons. The van der Waals surface area contributed by atoms with Gasteiger partial charge in [-0.25, -0.2) is 0 Å². The molecule has 0 bridgehead atoms. The molecule has 0 amide bonds. The van der Waals surface area contributed by atoms with E-state index in [0.717, 1.165) is 0 Å². The zero-order valence-electron chi connectivity index (χ0n) is 10.1. The quantitative estimate of drug-likeness (QED) is 0.603. The van der Waals surface area contributed by atoms with Gasteiger partial charge in [0.15, 0.2) is 5.75 Å². The van der Waals surface area contributed by atoms with Crippen molar-refractivity contribution in [1.29, 1.82) is 0 Å². The fourth-order valence-corrected chi connectivity index (χ4v) is 1.45. The van der Waals surface area contributed by atoms with E-state index < -0.39 is 4.92 Å². The molecule has 0 aliphatic carbocycles. The average molecular weight is 240 g/mol. The molecule has 1 rings (SSSR count). The molecule has 1 atom stereocenters. The van der Waals surface area contributed by atoms with Crippen LogP contribution in [0.15, 0.2) is 18.2 Å². The molecule has 6 heteroatoms. The Balaban J connectivity index is 2.88. The van der Waals surface area contributed by atoms with Crippen LogP contribution in [0, 0.1) is 10.1 Å². The first-order chi connectivity index (χ1) is 8.08. The lowest BCUT2D eigenvalue weighted by atomic mass is 10.2. The fourth-order valence-electron chi connectivity index (χ4n) is 1.45. The van der Waals surface area contributed by atoms with E-state index in [-0.39, 0.29) is 17.5 Å². The fraction of sp³-hybridized carbons (Fsp3) is 0.455. The molecule has 0 saturated carbocycles. The Morgan fingerprint density at radius 1 is 1.53 bits per heavy atom. The number of methoxy groups -OCH3 is 1. The van der Waals surface area contributed by atoms with Gasteiger partial charge in [0.05, 0.1) is 18.1 Å². The van der Waals surface area contributed by atoms with Gasteiger partial charge < -0.3 is 14.8 Å². The summed E-state index contributed by atoms with van der Waals surface area (Å²) in [5.74, 6) is 0.684. The van der Waals surface area contributed by atoms with E-state index in [9.17, 15) is 10.1 Å². The highest BCUT2D eigenvalue weighted by molar-refractivity contribution is 5.50. The van der Waals surface area contributed by atoms with Gasteiger partial charge in [0.2, 0.25) is 0 Å². The number of nitro benzene ring substituents is 1. The molecular weight excluding hydrogens is 224 g/mol. The van der Waals surface area contributed by atoms with E-state index >= 15 is 0 Å². The van der Waals surface area contributed by atoms with E-state index in [1.807, 2.05) is 14.0 Å². The van der Waals surface area contributed by atoms with E-state index in [0.29, 0.717) is 12.3 Å². The highest BCUT2D eigenvalue weighted by Gasteiger charge is 2.16. The van der Waals surface area contributed by atoms with E-state index in [4.69, 9.17) is 9.47 Å². The van der Waals surface area contributed by atoms with Crippen LogP contribution in [0.2, 0.25) is 0 Å². The van der Waals surface area contributed by atoms with Gasteiger partial charge in [-0.15, -0.1) is 0 Å². The summed E-state index contributed by atoms with van der Waals surface area (Å²) in [7, 11) is 3.21. The van der Waals surface area contributed by atoms with Gasteiger partial charge >= 0.3 is 5.69 Å².